The number of rotatable bonds is 6. The molecule has 0 aliphatic rings. The highest BCUT2D eigenvalue weighted by atomic mass is 32.2. The van der Waals surface area contributed by atoms with E-state index in [1.807, 2.05) is 0 Å². The Bertz CT molecular complexity index is 843. The lowest BCUT2D eigenvalue weighted by Crippen LogP contribution is -2.39. The van der Waals surface area contributed by atoms with E-state index in [-0.39, 0.29) is 24.1 Å². The lowest BCUT2D eigenvalue weighted by atomic mass is 10.2. The van der Waals surface area contributed by atoms with Crippen molar-refractivity contribution in [1.29, 1.82) is 0 Å². The summed E-state index contributed by atoms with van der Waals surface area (Å²) in [6.07, 6.45) is 0. The van der Waals surface area contributed by atoms with Crippen LogP contribution in [0, 0.1) is 5.82 Å². The Hall–Kier alpha value is -3.07. The first kappa shape index (κ1) is 21.2. The van der Waals surface area contributed by atoms with Gasteiger partial charge in [-0.15, -0.1) is 0 Å². The van der Waals surface area contributed by atoms with Crippen LogP contribution in [0.25, 0.3) is 0 Å². The van der Waals surface area contributed by atoms with Crippen molar-refractivity contribution in [2.75, 3.05) is 26.0 Å². The van der Waals surface area contributed by atoms with E-state index in [2.05, 4.69) is 16.0 Å². The van der Waals surface area contributed by atoms with E-state index in [1.165, 1.54) is 17.0 Å². The molecule has 0 bridgehead atoms. The predicted octanol–water partition coefficient (Wildman–Crippen LogP) is 3.04. The highest BCUT2D eigenvalue weighted by Gasteiger charge is 2.13. The van der Waals surface area contributed by atoms with Crippen LogP contribution in [0.3, 0.4) is 0 Å². The highest BCUT2D eigenvalue weighted by Crippen LogP contribution is 2.28. The van der Waals surface area contributed by atoms with Crippen molar-refractivity contribution in [3.8, 4) is 0 Å². The van der Waals surface area contributed by atoms with Crippen LogP contribution >= 0.6 is 11.8 Å². The molecule has 7 nitrogen and oxygen atoms in total. The van der Waals surface area contributed by atoms with Gasteiger partial charge in [0.1, 0.15) is 5.82 Å². The van der Waals surface area contributed by atoms with Gasteiger partial charge < -0.3 is 20.9 Å². The summed E-state index contributed by atoms with van der Waals surface area (Å²) in [7, 11) is 3.29. The first-order chi connectivity index (χ1) is 13.3. The molecule has 0 saturated heterocycles. The summed E-state index contributed by atoms with van der Waals surface area (Å²) in [6, 6.07) is 12.1. The normalized spacial score (nSPS) is 10.1. The zero-order chi connectivity index (χ0) is 20.5. The van der Waals surface area contributed by atoms with Gasteiger partial charge in [-0.2, -0.15) is 0 Å². The quantitative estimate of drug-likeness (QED) is 0.646. The maximum atomic E-state index is 12.8. The summed E-state index contributed by atoms with van der Waals surface area (Å²) in [6.45, 7) is -0.0320. The molecular weight excluding hydrogens is 383 g/mol. The molecule has 0 aliphatic heterocycles. The third kappa shape index (κ3) is 6.92. The van der Waals surface area contributed by atoms with Crippen LogP contribution in [0.2, 0.25) is 0 Å². The molecule has 0 spiro atoms. The molecule has 0 atom stereocenters. The number of hydrogen-bond acceptors (Lipinski definition) is 4. The number of nitrogens with one attached hydrogen (secondary N) is 3. The third-order valence-corrected chi connectivity index (χ3v) is 4.62. The number of nitrogens with zero attached hydrogens (tertiary/aromatic N) is 1. The largest absolute Gasteiger partial charge is 0.339 e. The second-order valence-corrected chi connectivity index (χ2v) is 6.96. The Morgan fingerprint density at radius 2 is 1.68 bits per heavy atom. The summed E-state index contributed by atoms with van der Waals surface area (Å²) >= 11 is 0.997. The van der Waals surface area contributed by atoms with Crippen molar-refractivity contribution in [3.63, 3.8) is 0 Å². The number of carbonyl (C=O) groups is 3. The minimum absolute atomic E-state index is 0.167. The zero-order valence-corrected chi connectivity index (χ0v) is 16.3. The first-order valence-electron chi connectivity index (χ1n) is 8.39. The topological polar surface area (TPSA) is 90.5 Å². The number of anilines is 1. The fraction of sp³-hybridized carbons (Fsp3) is 0.211. The summed E-state index contributed by atoms with van der Waals surface area (Å²) in [5, 5.41) is 7.53. The number of para-hydroxylation sites is 1. The molecule has 0 aromatic heterocycles. The summed E-state index contributed by atoms with van der Waals surface area (Å²) in [5.41, 5.74) is 1.22. The van der Waals surface area contributed by atoms with Crippen LogP contribution in [-0.2, 0) is 11.3 Å². The second-order valence-electron chi connectivity index (χ2n) is 5.97. The van der Waals surface area contributed by atoms with Gasteiger partial charge in [-0.25, -0.2) is 9.18 Å². The number of thioether (sulfide) groups is 1. The van der Waals surface area contributed by atoms with Crippen molar-refractivity contribution in [2.24, 2.45) is 0 Å². The molecule has 0 fully saturated rings. The van der Waals surface area contributed by atoms with Crippen molar-refractivity contribution < 1.29 is 18.8 Å². The van der Waals surface area contributed by atoms with E-state index >= 15 is 0 Å². The SMILES string of the molecule is CN(C)C(=O)Sc1ccccc1NC(=O)CNC(=O)NCc1ccc(F)cc1. The minimum atomic E-state index is -0.523. The molecule has 4 amide bonds. The molecule has 2 rings (SSSR count). The van der Waals surface area contributed by atoms with Crippen molar-refractivity contribution in [2.45, 2.75) is 11.4 Å². The standard InChI is InChI=1S/C19H21FN4O3S/c1-24(2)19(27)28-16-6-4-3-5-15(16)23-17(25)12-22-18(26)21-11-13-7-9-14(20)10-8-13/h3-10H,11-12H2,1-2H3,(H,23,25)(H2,21,22,26). The molecule has 148 valence electrons. The van der Waals surface area contributed by atoms with Gasteiger partial charge in [0.25, 0.3) is 5.24 Å². The van der Waals surface area contributed by atoms with Crippen molar-refractivity contribution >= 4 is 34.6 Å². The van der Waals surface area contributed by atoms with Crippen LogP contribution in [-0.4, -0.2) is 42.7 Å². The summed E-state index contributed by atoms with van der Waals surface area (Å²) in [4.78, 5) is 37.8. The molecule has 0 aliphatic carbocycles. The summed E-state index contributed by atoms with van der Waals surface area (Å²) < 4.78 is 12.8. The van der Waals surface area contributed by atoms with Crippen LogP contribution in [0.15, 0.2) is 53.4 Å². The van der Waals surface area contributed by atoms with Gasteiger partial charge in [0.05, 0.1) is 12.2 Å². The van der Waals surface area contributed by atoms with Gasteiger partial charge in [-0.05, 0) is 41.6 Å². The van der Waals surface area contributed by atoms with E-state index in [0.717, 1.165) is 17.3 Å². The van der Waals surface area contributed by atoms with E-state index < -0.39 is 11.9 Å². The number of urea groups is 1. The Labute approximate surface area is 166 Å². The molecule has 0 saturated carbocycles. The zero-order valence-electron chi connectivity index (χ0n) is 15.5. The molecule has 0 unspecified atom stereocenters. The first-order valence-corrected chi connectivity index (χ1v) is 9.21. The van der Waals surface area contributed by atoms with E-state index in [4.69, 9.17) is 0 Å². The predicted molar refractivity (Wildman–Crippen MR) is 107 cm³/mol. The van der Waals surface area contributed by atoms with Gasteiger partial charge in [-0.1, -0.05) is 24.3 Å². The maximum absolute atomic E-state index is 12.8. The monoisotopic (exact) mass is 404 g/mol. The van der Waals surface area contributed by atoms with Crippen molar-refractivity contribution in [1.82, 2.24) is 15.5 Å². The molecule has 28 heavy (non-hydrogen) atoms. The molecule has 0 radical (unpaired) electrons. The van der Waals surface area contributed by atoms with Gasteiger partial charge in [0.15, 0.2) is 0 Å². The number of carbonyl (C=O) groups excluding carboxylic acids is 3. The Morgan fingerprint density at radius 3 is 2.36 bits per heavy atom. The molecule has 3 N–H and O–H groups in total. The summed E-state index contributed by atoms with van der Waals surface area (Å²) in [5.74, 6) is -0.780. The fourth-order valence-corrected chi connectivity index (χ4v) is 2.79. The van der Waals surface area contributed by atoms with E-state index in [0.29, 0.717) is 10.6 Å². The van der Waals surface area contributed by atoms with Crippen LogP contribution in [0.1, 0.15) is 5.56 Å². The molecule has 9 heteroatoms. The smallest absolute Gasteiger partial charge is 0.315 e. The molecular formula is C19H21FN4O3S. The molecule has 2 aromatic carbocycles. The Kier molecular flexibility index (Phi) is 7.82. The number of halogens is 1. The highest BCUT2D eigenvalue weighted by molar-refractivity contribution is 8.13. The Morgan fingerprint density at radius 1 is 1.00 bits per heavy atom. The van der Waals surface area contributed by atoms with Crippen molar-refractivity contribution in [3.05, 3.63) is 59.9 Å². The number of benzene rings is 2. The number of amides is 4. The van der Waals surface area contributed by atoms with Crippen LogP contribution in [0.4, 0.5) is 19.7 Å². The van der Waals surface area contributed by atoms with Crippen LogP contribution in [0.5, 0.6) is 0 Å². The van der Waals surface area contributed by atoms with E-state index in [1.54, 1.807) is 50.5 Å². The van der Waals surface area contributed by atoms with Crippen LogP contribution < -0.4 is 16.0 Å². The lowest BCUT2D eigenvalue weighted by molar-refractivity contribution is -0.115. The van der Waals surface area contributed by atoms with Gasteiger partial charge in [-0.3, -0.25) is 9.59 Å². The van der Waals surface area contributed by atoms with Gasteiger partial charge in [0.2, 0.25) is 5.91 Å². The van der Waals surface area contributed by atoms with Gasteiger partial charge in [0, 0.05) is 25.5 Å². The third-order valence-electron chi connectivity index (χ3n) is 3.50. The molecule has 0 heterocycles. The molecule has 2 aromatic rings. The fourth-order valence-electron chi connectivity index (χ4n) is 2.05. The lowest BCUT2D eigenvalue weighted by Gasteiger charge is -2.13. The second kappa shape index (κ2) is 10.3. The average Bonchev–Trinajstić information content (AvgIpc) is 2.67. The Balaban J connectivity index is 1.81. The minimum Gasteiger partial charge on any atom is -0.339 e. The maximum Gasteiger partial charge on any atom is 0.315 e. The average molecular weight is 404 g/mol. The number of hydrogen-bond donors (Lipinski definition) is 3. The van der Waals surface area contributed by atoms with Gasteiger partial charge >= 0.3 is 6.03 Å². The van der Waals surface area contributed by atoms with E-state index in [9.17, 15) is 18.8 Å².